The third-order valence-corrected chi connectivity index (χ3v) is 6.67. The van der Waals surface area contributed by atoms with Gasteiger partial charge in [-0.15, -0.1) is 0 Å². The summed E-state index contributed by atoms with van der Waals surface area (Å²) in [5, 5.41) is 19.4. The molecule has 1 aromatic carbocycles. The molecule has 5 rings (SSSR count). The van der Waals surface area contributed by atoms with Crippen molar-refractivity contribution in [2.24, 2.45) is 7.05 Å². The van der Waals surface area contributed by atoms with Gasteiger partial charge in [-0.25, -0.2) is 14.4 Å². The molecule has 0 spiro atoms. The fourth-order valence-electron chi connectivity index (χ4n) is 4.40. The maximum atomic E-state index is 14.8. The Labute approximate surface area is 219 Å². The van der Waals surface area contributed by atoms with E-state index in [2.05, 4.69) is 25.5 Å². The molecule has 1 fully saturated rings. The largest absolute Gasteiger partial charge is 0.401 e. The molecule has 4 aromatic rings. The summed E-state index contributed by atoms with van der Waals surface area (Å²) in [4.78, 5) is 21.1. The molecular formula is C26H24F4N6O3. The number of alkyl halides is 3. The number of nitrogens with zero attached hydrogens (tertiary/aromatic N) is 5. The van der Waals surface area contributed by atoms with Gasteiger partial charge in [0, 0.05) is 62.3 Å². The Kier molecular flexibility index (Phi) is 6.93. The first kappa shape index (κ1) is 26.5. The fourth-order valence-corrected chi connectivity index (χ4v) is 4.40. The van der Waals surface area contributed by atoms with Crippen LogP contribution in [-0.2, 0) is 36.5 Å². The number of hydrogen-bond donors (Lipinski definition) is 2. The highest BCUT2D eigenvalue weighted by atomic mass is 19.4. The molecule has 1 saturated carbocycles. The second-order valence-electron chi connectivity index (χ2n) is 9.50. The topological polar surface area (TPSA) is 119 Å². The number of aryl methyl sites for hydroxylation is 1. The average molecular weight is 545 g/mol. The van der Waals surface area contributed by atoms with Crippen LogP contribution < -0.4 is 5.32 Å². The van der Waals surface area contributed by atoms with Crippen LogP contribution in [0.15, 0.2) is 47.4 Å². The first-order chi connectivity index (χ1) is 18.6. The van der Waals surface area contributed by atoms with Gasteiger partial charge in [-0.3, -0.25) is 9.48 Å². The third-order valence-electron chi connectivity index (χ3n) is 6.67. The summed E-state index contributed by atoms with van der Waals surface area (Å²) in [5.41, 5.74) is 0.806. The van der Waals surface area contributed by atoms with Gasteiger partial charge in [0.2, 0.25) is 5.91 Å². The van der Waals surface area contributed by atoms with Gasteiger partial charge in [-0.05, 0) is 30.0 Å². The van der Waals surface area contributed by atoms with E-state index in [9.17, 15) is 27.5 Å². The number of carbonyl (C=O) groups is 1. The molecule has 9 nitrogen and oxygen atoms in total. The number of carbonyl (C=O) groups excluding carboxylic acids is 1. The van der Waals surface area contributed by atoms with E-state index in [-0.39, 0.29) is 43.0 Å². The van der Waals surface area contributed by atoms with Crippen molar-refractivity contribution in [3.05, 3.63) is 77.1 Å². The van der Waals surface area contributed by atoms with E-state index >= 15 is 0 Å². The minimum absolute atomic E-state index is 0.0171. The van der Waals surface area contributed by atoms with Gasteiger partial charge < -0.3 is 14.9 Å². The molecule has 0 atom stereocenters. The number of benzene rings is 1. The normalized spacial score (nSPS) is 14.4. The van der Waals surface area contributed by atoms with Crippen LogP contribution in [0.1, 0.15) is 41.2 Å². The van der Waals surface area contributed by atoms with Crippen LogP contribution in [0.5, 0.6) is 0 Å². The minimum Gasteiger partial charge on any atom is -0.396 e. The first-order valence-electron chi connectivity index (χ1n) is 12.1. The molecule has 39 heavy (non-hydrogen) atoms. The zero-order valence-corrected chi connectivity index (χ0v) is 20.8. The van der Waals surface area contributed by atoms with E-state index in [1.165, 1.54) is 12.1 Å². The van der Waals surface area contributed by atoms with E-state index < -0.39 is 23.3 Å². The molecule has 3 aromatic heterocycles. The van der Waals surface area contributed by atoms with Crippen LogP contribution in [0, 0.1) is 5.82 Å². The Balaban J connectivity index is 1.21. The molecule has 0 bridgehead atoms. The number of aliphatic hydroxyl groups excluding tert-OH is 1. The smallest absolute Gasteiger partial charge is 0.396 e. The second-order valence-corrected chi connectivity index (χ2v) is 9.50. The van der Waals surface area contributed by atoms with Gasteiger partial charge in [0.05, 0.1) is 12.1 Å². The highest BCUT2D eigenvalue weighted by Crippen LogP contribution is 2.59. The van der Waals surface area contributed by atoms with Gasteiger partial charge in [0.15, 0.2) is 11.6 Å². The first-order valence-corrected chi connectivity index (χ1v) is 12.1. The second kappa shape index (κ2) is 10.2. The molecule has 3 heterocycles. The fraction of sp³-hybridized carbons (Fsp3) is 0.346. The molecule has 1 amide bonds. The lowest BCUT2D eigenvalue weighted by atomic mass is 10.0. The maximum absolute atomic E-state index is 14.8. The number of aromatic nitrogens is 5. The molecule has 0 saturated heterocycles. The maximum Gasteiger partial charge on any atom is 0.401 e. The average Bonchev–Trinajstić information content (AvgIpc) is 3.47. The SMILES string of the molecule is Cn1cc(Cc2ncc(-c3ccc(CC(=O)Nc4cc(C5(C(F)(F)F)CC5)on4)c(F)c3)cn2)c(CCO)n1. The lowest BCUT2D eigenvalue weighted by molar-refractivity contribution is -0.165. The molecule has 13 heteroatoms. The number of amides is 1. The Bertz CT molecular complexity index is 1490. The highest BCUT2D eigenvalue weighted by molar-refractivity contribution is 5.91. The number of hydrogen-bond acceptors (Lipinski definition) is 7. The van der Waals surface area contributed by atoms with Crippen molar-refractivity contribution in [3.63, 3.8) is 0 Å². The quantitative estimate of drug-likeness (QED) is 0.307. The number of anilines is 1. The standard InChI is InChI=1S/C26H24F4N6O3/c1-36-14-17(20(34-36)4-7-37)9-22-31-12-18(13-32-22)15-2-3-16(19(27)8-15)10-24(38)33-23-11-21(39-35-23)25(5-6-25)26(28,29)30/h2-3,8,11-14,37H,4-7,9-10H2,1H3,(H,33,35,38). The molecule has 0 aliphatic heterocycles. The Morgan fingerprint density at radius 3 is 2.54 bits per heavy atom. The summed E-state index contributed by atoms with van der Waals surface area (Å²) >= 11 is 0. The molecule has 2 N–H and O–H groups in total. The van der Waals surface area contributed by atoms with Crippen molar-refractivity contribution in [1.29, 1.82) is 0 Å². The van der Waals surface area contributed by atoms with Crippen LogP contribution >= 0.6 is 0 Å². The minimum atomic E-state index is -4.47. The molecule has 1 aliphatic rings. The molecule has 1 aliphatic carbocycles. The predicted molar refractivity (Wildman–Crippen MR) is 130 cm³/mol. The highest BCUT2D eigenvalue weighted by Gasteiger charge is 2.66. The summed E-state index contributed by atoms with van der Waals surface area (Å²) in [5.74, 6) is -1.25. The van der Waals surface area contributed by atoms with Crippen molar-refractivity contribution in [2.45, 2.75) is 43.7 Å². The Morgan fingerprint density at radius 2 is 1.90 bits per heavy atom. The summed E-state index contributed by atoms with van der Waals surface area (Å²) in [6.45, 7) is -0.0171. The van der Waals surface area contributed by atoms with Crippen molar-refractivity contribution in [2.75, 3.05) is 11.9 Å². The number of nitrogens with one attached hydrogen (secondary N) is 1. The summed E-state index contributed by atoms with van der Waals surface area (Å²) in [6, 6.07) is 5.39. The van der Waals surface area contributed by atoms with Crippen molar-refractivity contribution >= 4 is 11.7 Å². The number of rotatable bonds is 9. The number of aliphatic hydroxyl groups is 1. The Hall–Kier alpha value is -4.13. The zero-order chi connectivity index (χ0) is 27.8. The third kappa shape index (κ3) is 5.53. The molecule has 0 radical (unpaired) electrons. The predicted octanol–water partition coefficient (Wildman–Crippen LogP) is 3.90. The lowest BCUT2D eigenvalue weighted by Crippen LogP contribution is -2.28. The number of halogens is 4. The van der Waals surface area contributed by atoms with Gasteiger partial charge in [-0.1, -0.05) is 17.3 Å². The molecular weight excluding hydrogens is 520 g/mol. The van der Waals surface area contributed by atoms with Crippen LogP contribution in [0.2, 0.25) is 0 Å². The Morgan fingerprint density at radius 1 is 1.15 bits per heavy atom. The monoisotopic (exact) mass is 544 g/mol. The van der Waals surface area contributed by atoms with Crippen LogP contribution in [0.4, 0.5) is 23.4 Å². The van der Waals surface area contributed by atoms with Gasteiger partial charge >= 0.3 is 6.18 Å². The lowest BCUT2D eigenvalue weighted by Gasteiger charge is -2.14. The zero-order valence-electron chi connectivity index (χ0n) is 20.8. The van der Waals surface area contributed by atoms with Gasteiger partial charge in [-0.2, -0.15) is 18.3 Å². The van der Waals surface area contributed by atoms with E-state index in [0.717, 1.165) is 17.3 Å². The molecule has 204 valence electrons. The van der Waals surface area contributed by atoms with Crippen molar-refractivity contribution in [3.8, 4) is 11.1 Å². The van der Waals surface area contributed by atoms with E-state index in [1.54, 1.807) is 30.2 Å². The van der Waals surface area contributed by atoms with E-state index in [1.807, 2.05) is 6.20 Å². The van der Waals surface area contributed by atoms with Crippen molar-refractivity contribution in [1.82, 2.24) is 24.9 Å². The van der Waals surface area contributed by atoms with E-state index in [0.29, 0.717) is 29.8 Å². The molecule has 0 unspecified atom stereocenters. The van der Waals surface area contributed by atoms with Crippen molar-refractivity contribution < 1.29 is 32.0 Å². The van der Waals surface area contributed by atoms with Crippen LogP contribution in [0.3, 0.4) is 0 Å². The van der Waals surface area contributed by atoms with Crippen LogP contribution in [0.25, 0.3) is 11.1 Å². The van der Waals surface area contributed by atoms with E-state index in [4.69, 9.17) is 4.52 Å². The van der Waals surface area contributed by atoms with Crippen LogP contribution in [-0.4, -0.2) is 48.7 Å². The summed E-state index contributed by atoms with van der Waals surface area (Å²) in [7, 11) is 1.79. The summed E-state index contributed by atoms with van der Waals surface area (Å²) in [6.07, 6.45) is 0.832. The van der Waals surface area contributed by atoms with Gasteiger partial charge in [0.1, 0.15) is 17.1 Å². The summed E-state index contributed by atoms with van der Waals surface area (Å²) < 4.78 is 61.1. The van der Waals surface area contributed by atoms with Gasteiger partial charge in [0.25, 0.3) is 0 Å².